The Labute approximate surface area is 178 Å². The Hall–Kier alpha value is -2.87. The predicted molar refractivity (Wildman–Crippen MR) is 119 cm³/mol. The molecule has 0 unspecified atom stereocenters. The van der Waals surface area contributed by atoms with Crippen LogP contribution in [0.25, 0.3) is 0 Å². The highest BCUT2D eigenvalue weighted by atomic mass is 32.2. The molecule has 2 aromatic carbocycles. The Bertz CT molecular complexity index is 1020. The lowest BCUT2D eigenvalue weighted by molar-refractivity contribution is -0.139. The summed E-state index contributed by atoms with van der Waals surface area (Å²) in [5.41, 5.74) is 3.07. The molecular weight excluding hydrogens is 402 g/mol. The van der Waals surface area contributed by atoms with Gasteiger partial charge in [-0.05, 0) is 38.0 Å². The van der Waals surface area contributed by atoms with Gasteiger partial charge in [-0.1, -0.05) is 48.0 Å². The predicted octanol–water partition coefficient (Wildman–Crippen LogP) is 2.23. The molecular formula is C22H29N3O4S. The van der Waals surface area contributed by atoms with Crippen LogP contribution >= 0.6 is 0 Å². The first kappa shape index (κ1) is 23.4. The molecule has 2 aromatic rings. The zero-order valence-corrected chi connectivity index (χ0v) is 18.9. The molecule has 0 saturated carbocycles. The van der Waals surface area contributed by atoms with Crippen LogP contribution in [-0.4, -0.2) is 51.0 Å². The van der Waals surface area contributed by atoms with E-state index in [2.05, 4.69) is 5.32 Å². The largest absolute Gasteiger partial charge is 0.357 e. The van der Waals surface area contributed by atoms with Gasteiger partial charge in [-0.3, -0.25) is 13.9 Å². The summed E-state index contributed by atoms with van der Waals surface area (Å²) in [6, 6.07) is 13.9. The second kappa shape index (κ2) is 9.75. The Morgan fingerprint density at radius 2 is 1.73 bits per heavy atom. The van der Waals surface area contributed by atoms with Gasteiger partial charge in [0.05, 0.1) is 11.9 Å². The molecule has 0 bridgehead atoms. The lowest BCUT2D eigenvalue weighted by Gasteiger charge is -2.31. The number of rotatable bonds is 8. The van der Waals surface area contributed by atoms with Crippen LogP contribution in [-0.2, 0) is 26.2 Å². The van der Waals surface area contributed by atoms with E-state index in [4.69, 9.17) is 0 Å². The van der Waals surface area contributed by atoms with Gasteiger partial charge in [0.2, 0.25) is 21.8 Å². The molecule has 30 heavy (non-hydrogen) atoms. The Balaban J connectivity index is 2.40. The van der Waals surface area contributed by atoms with Crippen LogP contribution in [0.4, 0.5) is 5.69 Å². The van der Waals surface area contributed by atoms with Crippen molar-refractivity contribution in [2.75, 3.05) is 24.2 Å². The van der Waals surface area contributed by atoms with Gasteiger partial charge in [-0.25, -0.2) is 8.42 Å². The van der Waals surface area contributed by atoms with Gasteiger partial charge in [-0.2, -0.15) is 0 Å². The van der Waals surface area contributed by atoms with Crippen molar-refractivity contribution in [3.8, 4) is 0 Å². The normalized spacial score (nSPS) is 12.2. The van der Waals surface area contributed by atoms with Gasteiger partial charge in [-0.15, -0.1) is 0 Å². The minimum Gasteiger partial charge on any atom is -0.357 e. The fourth-order valence-corrected chi connectivity index (χ4v) is 4.14. The number of anilines is 1. The van der Waals surface area contributed by atoms with E-state index in [1.54, 1.807) is 38.1 Å². The zero-order chi connectivity index (χ0) is 22.5. The molecule has 0 aromatic heterocycles. The number of nitrogens with zero attached hydrogens (tertiary/aromatic N) is 2. The SMILES string of the molecule is CNC(=O)[C@H](C)N(Cc1cccc(C)c1)C(=O)CN(c1ccccc1C)S(C)(=O)=O. The molecule has 0 radical (unpaired) electrons. The van der Waals surface area contributed by atoms with Crippen molar-refractivity contribution in [1.82, 2.24) is 10.2 Å². The van der Waals surface area contributed by atoms with Crippen molar-refractivity contribution in [2.24, 2.45) is 0 Å². The van der Waals surface area contributed by atoms with Crippen LogP contribution in [0.5, 0.6) is 0 Å². The highest BCUT2D eigenvalue weighted by molar-refractivity contribution is 7.92. The summed E-state index contributed by atoms with van der Waals surface area (Å²) in [5.74, 6) is -0.779. The summed E-state index contributed by atoms with van der Waals surface area (Å²) in [7, 11) is -2.21. The molecule has 162 valence electrons. The molecule has 0 saturated heterocycles. The maximum Gasteiger partial charge on any atom is 0.244 e. The van der Waals surface area contributed by atoms with Gasteiger partial charge in [0.15, 0.2) is 0 Å². The molecule has 2 rings (SSSR count). The third-order valence-electron chi connectivity index (χ3n) is 4.91. The lowest BCUT2D eigenvalue weighted by Crippen LogP contribution is -2.50. The summed E-state index contributed by atoms with van der Waals surface area (Å²) < 4.78 is 26.0. The average Bonchev–Trinajstić information content (AvgIpc) is 2.69. The monoisotopic (exact) mass is 431 g/mol. The van der Waals surface area contributed by atoms with Crippen LogP contribution in [0.15, 0.2) is 48.5 Å². The van der Waals surface area contributed by atoms with E-state index in [9.17, 15) is 18.0 Å². The van der Waals surface area contributed by atoms with E-state index in [0.717, 1.165) is 27.3 Å². The maximum absolute atomic E-state index is 13.3. The number of amides is 2. The van der Waals surface area contributed by atoms with Crippen LogP contribution in [0, 0.1) is 13.8 Å². The second-order valence-corrected chi connectivity index (χ2v) is 9.26. The van der Waals surface area contributed by atoms with E-state index >= 15 is 0 Å². The molecule has 1 atom stereocenters. The summed E-state index contributed by atoms with van der Waals surface area (Å²) in [6.45, 7) is 5.17. The molecule has 0 aliphatic heterocycles. The first-order valence-electron chi connectivity index (χ1n) is 9.64. The number of hydrogen-bond acceptors (Lipinski definition) is 4. The zero-order valence-electron chi connectivity index (χ0n) is 18.0. The molecule has 7 nitrogen and oxygen atoms in total. The molecule has 8 heteroatoms. The Morgan fingerprint density at radius 3 is 2.30 bits per heavy atom. The maximum atomic E-state index is 13.3. The second-order valence-electron chi connectivity index (χ2n) is 7.36. The summed E-state index contributed by atoms with van der Waals surface area (Å²) in [4.78, 5) is 27.0. The van der Waals surface area contributed by atoms with Crippen molar-refractivity contribution >= 4 is 27.5 Å². The Kier molecular flexibility index (Phi) is 7.61. The molecule has 0 heterocycles. The van der Waals surface area contributed by atoms with Crippen LogP contribution in [0.3, 0.4) is 0 Å². The van der Waals surface area contributed by atoms with Gasteiger partial charge >= 0.3 is 0 Å². The molecule has 0 aliphatic rings. The third kappa shape index (κ3) is 5.82. The number of benzene rings is 2. The van der Waals surface area contributed by atoms with Crippen LogP contribution < -0.4 is 9.62 Å². The smallest absolute Gasteiger partial charge is 0.244 e. The number of para-hydroxylation sites is 1. The van der Waals surface area contributed by atoms with Crippen molar-refractivity contribution in [3.05, 3.63) is 65.2 Å². The number of aryl methyl sites for hydroxylation is 2. The minimum absolute atomic E-state index is 0.195. The van der Waals surface area contributed by atoms with Gasteiger partial charge < -0.3 is 10.2 Å². The molecule has 2 amide bonds. The van der Waals surface area contributed by atoms with Crippen molar-refractivity contribution in [3.63, 3.8) is 0 Å². The number of likely N-dealkylation sites (N-methyl/N-ethyl adjacent to an activating group) is 1. The van der Waals surface area contributed by atoms with Crippen molar-refractivity contribution < 1.29 is 18.0 Å². The molecule has 0 aliphatic carbocycles. The van der Waals surface area contributed by atoms with E-state index in [-0.39, 0.29) is 12.5 Å². The van der Waals surface area contributed by atoms with Crippen molar-refractivity contribution in [1.29, 1.82) is 0 Å². The summed E-state index contributed by atoms with van der Waals surface area (Å²) in [5, 5.41) is 2.56. The van der Waals surface area contributed by atoms with E-state index in [1.807, 2.05) is 31.2 Å². The summed E-state index contributed by atoms with van der Waals surface area (Å²) >= 11 is 0. The standard InChI is InChI=1S/C22H29N3O4S/c1-16-9-8-11-19(13-16)14-24(18(3)22(27)23-4)21(26)15-25(30(5,28)29)20-12-7-6-10-17(20)2/h6-13,18H,14-15H2,1-5H3,(H,23,27)/t18-/m0/s1. The highest BCUT2D eigenvalue weighted by Crippen LogP contribution is 2.22. The average molecular weight is 432 g/mol. The third-order valence-corrected chi connectivity index (χ3v) is 6.04. The number of hydrogen-bond donors (Lipinski definition) is 1. The van der Waals surface area contributed by atoms with Crippen LogP contribution in [0.2, 0.25) is 0 Å². The number of carbonyl (C=O) groups excluding carboxylic acids is 2. The van der Waals surface area contributed by atoms with Crippen molar-refractivity contribution in [2.45, 2.75) is 33.4 Å². The van der Waals surface area contributed by atoms with E-state index in [0.29, 0.717) is 5.69 Å². The number of sulfonamides is 1. The van der Waals surface area contributed by atoms with Gasteiger partial charge in [0.1, 0.15) is 12.6 Å². The number of nitrogens with one attached hydrogen (secondary N) is 1. The summed E-state index contributed by atoms with van der Waals surface area (Å²) in [6.07, 6.45) is 1.07. The topological polar surface area (TPSA) is 86.8 Å². The first-order chi connectivity index (χ1) is 14.0. The lowest BCUT2D eigenvalue weighted by atomic mass is 10.1. The van der Waals surface area contributed by atoms with Gasteiger partial charge in [0.25, 0.3) is 0 Å². The molecule has 0 fully saturated rings. The Morgan fingerprint density at radius 1 is 1.07 bits per heavy atom. The van der Waals surface area contributed by atoms with E-state index < -0.39 is 28.5 Å². The highest BCUT2D eigenvalue weighted by Gasteiger charge is 2.30. The fraction of sp³-hybridized carbons (Fsp3) is 0.364. The first-order valence-corrected chi connectivity index (χ1v) is 11.5. The van der Waals surface area contributed by atoms with E-state index in [1.165, 1.54) is 11.9 Å². The van der Waals surface area contributed by atoms with Crippen LogP contribution in [0.1, 0.15) is 23.6 Å². The van der Waals surface area contributed by atoms with Gasteiger partial charge in [0, 0.05) is 13.6 Å². The minimum atomic E-state index is -3.71. The fourth-order valence-electron chi connectivity index (χ4n) is 3.24. The number of carbonyl (C=O) groups is 2. The molecule has 0 spiro atoms. The quantitative estimate of drug-likeness (QED) is 0.694. The molecule has 1 N–H and O–H groups in total.